The Morgan fingerprint density at radius 2 is 2.36 bits per heavy atom. The van der Waals surface area contributed by atoms with Crippen molar-refractivity contribution in [1.82, 2.24) is 4.90 Å². The van der Waals surface area contributed by atoms with Crippen LogP contribution in [0.3, 0.4) is 0 Å². The van der Waals surface area contributed by atoms with Crippen molar-refractivity contribution < 1.29 is 9.53 Å². The number of hydrogen-bond donors (Lipinski definition) is 0. The van der Waals surface area contributed by atoms with Crippen LogP contribution in [-0.4, -0.2) is 36.6 Å². The second kappa shape index (κ2) is 4.97. The van der Waals surface area contributed by atoms with Gasteiger partial charge in [0.15, 0.2) is 0 Å². The van der Waals surface area contributed by atoms with Gasteiger partial charge in [-0.3, -0.25) is 4.79 Å². The van der Waals surface area contributed by atoms with Gasteiger partial charge in [0.05, 0.1) is 18.6 Å². The molecular formula is C10H16N2O2. The fraction of sp³-hybridized carbons (Fsp3) is 0.800. The summed E-state index contributed by atoms with van der Waals surface area (Å²) in [6.07, 6.45) is 2.03. The first-order valence-electron chi connectivity index (χ1n) is 4.92. The first-order valence-corrected chi connectivity index (χ1v) is 4.92. The number of nitrogens with zero attached hydrogens (tertiary/aromatic N) is 2. The van der Waals surface area contributed by atoms with E-state index < -0.39 is 0 Å². The lowest BCUT2D eigenvalue weighted by Crippen LogP contribution is -2.36. The molecule has 2 unspecified atom stereocenters. The van der Waals surface area contributed by atoms with Crippen LogP contribution in [0.25, 0.3) is 0 Å². The van der Waals surface area contributed by atoms with E-state index in [1.54, 1.807) is 11.9 Å². The number of nitriles is 1. The molecule has 0 aliphatic carbocycles. The summed E-state index contributed by atoms with van der Waals surface area (Å²) in [4.78, 5) is 13.3. The van der Waals surface area contributed by atoms with Gasteiger partial charge in [-0.2, -0.15) is 5.26 Å². The maximum absolute atomic E-state index is 11.7. The summed E-state index contributed by atoms with van der Waals surface area (Å²) in [7, 11) is 1.71. The van der Waals surface area contributed by atoms with Crippen LogP contribution in [-0.2, 0) is 9.53 Å². The SMILES string of the molecule is CC1CCC(C(=O)N(C)CCC#N)O1. The normalized spacial score (nSPS) is 25.8. The molecule has 0 aromatic rings. The molecule has 2 atom stereocenters. The zero-order valence-corrected chi connectivity index (χ0v) is 8.69. The minimum Gasteiger partial charge on any atom is -0.365 e. The van der Waals surface area contributed by atoms with Crippen molar-refractivity contribution in [3.8, 4) is 6.07 Å². The van der Waals surface area contributed by atoms with E-state index in [1.807, 2.05) is 13.0 Å². The van der Waals surface area contributed by atoms with E-state index in [4.69, 9.17) is 10.00 Å². The number of carbonyl (C=O) groups excluding carboxylic acids is 1. The van der Waals surface area contributed by atoms with Gasteiger partial charge in [-0.15, -0.1) is 0 Å². The molecule has 4 nitrogen and oxygen atoms in total. The Hall–Kier alpha value is -1.08. The molecule has 0 spiro atoms. The molecule has 14 heavy (non-hydrogen) atoms. The summed E-state index contributed by atoms with van der Waals surface area (Å²) in [5.41, 5.74) is 0. The van der Waals surface area contributed by atoms with E-state index in [0.717, 1.165) is 12.8 Å². The zero-order chi connectivity index (χ0) is 10.6. The zero-order valence-electron chi connectivity index (χ0n) is 8.69. The number of rotatable bonds is 3. The van der Waals surface area contributed by atoms with Crippen molar-refractivity contribution in [1.29, 1.82) is 5.26 Å². The molecular weight excluding hydrogens is 180 g/mol. The van der Waals surface area contributed by atoms with E-state index in [2.05, 4.69) is 0 Å². The van der Waals surface area contributed by atoms with Crippen LogP contribution >= 0.6 is 0 Å². The monoisotopic (exact) mass is 196 g/mol. The molecule has 1 aliphatic rings. The van der Waals surface area contributed by atoms with Crippen molar-refractivity contribution in [3.05, 3.63) is 0 Å². The third-order valence-corrected chi connectivity index (χ3v) is 2.44. The van der Waals surface area contributed by atoms with Gasteiger partial charge in [-0.1, -0.05) is 0 Å². The summed E-state index contributed by atoms with van der Waals surface area (Å²) in [6.45, 7) is 2.46. The molecule has 1 fully saturated rings. The van der Waals surface area contributed by atoms with Gasteiger partial charge in [0, 0.05) is 13.6 Å². The van der Waals surface area contributed by atoms with Crippen molar-refractivity contribution in [2.45, 2.75) is 38.4 Å². The summed E-state index contributed by atoms with van der Waals surface area (Å²) >= 11 is 0. The lowest BCUT2D eigenvalue weighted by molar-refractivity contribution is -0.141. The molecule has 0 aromatic heterocycles. The van der Waals surface area contributed by atoms with Crippen LogP contribution in [0.4, 0.5) is 0 Å². The second-order valence-corrected chi connectivity index (χ2v) is 3.68. The standard InChI is InChI=1S/C10H16N2O2/c1-8-4-5-9(14-8)10(13)12(2)7-3-6-11/h8-9H,3-5,7H2,1-2H3. The van der Waals surface area contributed by atoms with Crippen LogP contribution in [0.1, 0.15) is 26.2 Å². The smallest absolute Gasteiger partial charge is 0.251 e. The molecule has 4 heteroatoms. The van der Waals surface area contributed by atoms with Crippen LogP contribution < -0.4 is 0 Å². The molecule has 1 amide bonds. The Morgan fingerprint density at radius 1 is 1.64 bits per heavy atom. The Morgan fingerprint density at radius 3 is 2.86 bits per heavy atom. The third-order valence-electron chi connectivity index (χ3n) is 2.44. The van der Waals surface area contributed by atoms with Crippen molar-refractivity contribution in [2.75, 3.05) is 13.6 Å². The number of amides is 1. The third kappa shape index (κ3) is 2.71. The van der Waals surface area contributed by atoms with Crippen LogP contribution in [0.5, 0.6) is 0 Å². The first kappa shape index (κ1) is 11.0. The molecule has 1 saturated heterocycles. The number of likely N-dealkylation sites (N-methyl/N-ethyl adjacent to an activating group) is 1. The first-order chi connectivity index (χ1) is 6.65. The maximum atomic E-state index is 11.7. The molecule has 1 rings (SSSR count). The van der Waals surface area contributed by atoms with E-state index in [1.165, 1.54) is 0 Å². The molecule has 0 aromatic carbocycles. The van der Waals surface area contributed by atoms with Crippen molar-refractivity contribution in [3.63, 3.8) is 0 Å². The fourth-order valence-electron chi connectivity index (χ4n) is 1.56. The summed E-state index contributed by atoms with van der Waals surface area (Å²) < 4.78 is 5.45. The highest BCUT2D eigenvalue weighted by Gasteiger charge is 2.29. The Bertz CT molecular complexity index is 247. The second-order valence-electron chi connectivity index (χ2n) is 3.68. The largest absolute Gasteiger partial charge is 0.365 e. The molecule has 0 saturated carbocycles. The number of ether oxygens (including phenoxy) is 1. The van der Waals surface area contributed by atoms with Crippen LogP contribution in [0.15, 0.2) is 0 Å². The minimum atomic E-state index is -0.284. The van der Waals surface area contributed by atoms with Gasteiger partial charge >= 0.3 is 0 Å². The minimum absolute atomic E-state index is 0.00426. The summed E-state index contributed by atoms with van der Waals surface area (Å²) in [5, 5.41) is 8.39. The molecule has 0 radical (unpaired) electrons. The van der Waals surface area contributed by atoms with Crippen LogP contribution in [0.2, 0.25) is 0 Å². The lowest BCUT2D eigenvalue weighted by Gasteiger charge is -2.19. The van der Waals surface area contributed by atoms with Gasteiger partial charge in [0.2, 0.25) is 0 Å². The Labute approximate surface area is 84.4 Å². The topological polar surface area (TPSA) is 53.3 Å². The predicted molar refractivity (Wildman–Crippen MR) is 51.4 cm³/mol. The van der Waals surface area contributed by atoms with Gasteiger partial charge in [0.25, 0.3) is 5.91 Å². The number of hydrogen-bond acceptors (Lipinski definition) is 3. The van der Waals surface area contributed by atoms with E-state index >= 15 is 0 Å². The Kier molecular flexibility index (Phi) is 3.90. The van der Waals surface area contributed by atoms with Gasteiger partial charge in [-0.05, 0) is 19.8 Å². The van der Waals surface area contributed by atoms with Crippen molar-refractivity contribution in [2.24, 2.45) is 0 Å². The quantitative estimate of drug-likeness (QED) is 0.674. The van der Waals surface area contributed by atoms with E-state index in [0.29, 0.717) is 13.0 Å². The predicted octanol–water partition coefficient (Wildman–Crippen LogP) is 0.926. The average Bonchev–Trinajstić information content (AvgIpc) is 2.60. The Balaban J connectivity index is 2.37. The molecule has 0 bridgehead atoms. The fourth-order valence-corrected chi connectivity index (χ4v) is 1.56. The highest BCUT2D eigenvalue weighted by Crippen LogP contribution is 2.20. The summed E-state index contributed by atoms with van der Waals surface area (Å²) in [6, 6.07) is 2.02. The highest BCUT2D eigenvalue weighted by atomic mass is 16.5. The van der Waals surface area contributed by atoms with Gasteiger partial charge in [0.1, 0.15) is 6.10 Å². The number of carbonyl (C=O) groups is 1. The highest BCUT2D eigenvalue weighted by molar-refractivity contribution is 5.80. The van der Waals surface area contributed by atoms with Gasteiger partial charge < -0.3 is 9.64 Å². The molecule has 1 aliphatic heterocycles. The molecule has 1 heterocycles. The van der Waals surface area contributed by atoms with Gasteiger partial charge in [-0.25, -0.2) is 0 Å². The maximum Gasteiger partial charge on any atom is 0.251 e. The van der Waals surface area contributed by atoms with Crippen molar-refractivity contribution >= 4 is 5.91 Å². The van der Waals surface area contributed by atoms with Crippen LogP contribution in [0, 0.1) is 11.3 Å². The van der Waals surface area contributed by atoms with E-state index in [-0.39, 0.29) is 18.1 Å². The average molecular weight is 196 g/mol. The molecule has 78 valence electrons. The summed E-state index contributed by atoms with van der Waals surface area (Å²) in [5.74, 6) is 0.00426. The lowest BCUT2D eigenvalue weighted by atomic mass is 10.2. The molecule has 0 N–H and O–H groups in total. The van der Waals surface area contributed by atoms with E-state index in [9.17, 15) is 4.79 Å².